The number of carbonyl (C=O) groups excluding carboxylic acids is 1. The lowest BCUT2D eigenvalue weighted by molar-refractivity contribution is -0.147. The van der Waals surface area contributed by atoms with Gasteiger partial charge < -0.3 is 10.4 Å². The van der Waals surface area contributed by atoms with Gasteiger partial charge in [0, 0.05) is 18.9 Å². The van der Waals surface area contributed by atoms with Crippen molar-refractivity contribution in [1.29, 1.82) is 0 Å². The Labute approximate surface area is 111 Å². The number of pyridine rings is 1. The number of aromatic nitrogens is 1. The summed E-state index contributed by atoms with van der Waals surface area (Å²) in [5.74, 6) is -2.23. The van der Waals surface area contributed by atoms with E-state index >= 15 is 0 Å². The van der Waals surface area contributed by atoms with E-state index in [1.807, 2.05) is 18.2 Å². The average Bonchev–Trinajstić information content (AvgIpc) is 2.46. The van der Waals surface area contributed by atoms with Gasteiger partial charge in [0.05, 0.1) is 11.8 Å². The minimum atomic E-state index is -0.911. The Morgan fingerprint density at radius 3 is 2.68 bits per heavy atom. The molecule has 0 aromatic carbocycles. The number of hydrogen-bond acceptors (Lipinski definition) is 3. The van der Waals surface area contributed by atoms with E-state index in [1.54, 1.807) is 18.5 Å². The number of nitrogens with one attached hydrogen (secondary N) is 1. The molecule has 0 radical (unpaired) electrons. The third-order valence-electron chi connectivity index (χ3n) is 3.28. The second kappa shape index (κ2) is 6.13. The highest BCUT2D eigenvalue weighted by molar-refractivity contribution is 5.85. The minimum Gasteiger partial charge on any atom is -0.481 e. The Hall–Kier alpha value is -2.17. The van der Waals surface area contributed by atoms with Crippen LogP contribution in [0.3, 0.4) is 0 Å². The van der Waals surface area contributed by atoms with Crippen LogP contribution >= 0.6 is 0 Å². The van der Waals surface area contributed by atoms with Crippen molar-refractivity contribution >= 4 is 11.9 Å². The third-order valence-corrected chi connectivity index (χ3v) is 3.28. The zero-order valence-corrected chi connectivity index (χ0v) is 10.5. The molecule has 2 N–H and O–H groups in total. The molecule has 19 heavy (non-hydrogen) atoms. The molecule has 0 spiro atoms. The fraction of sp³-hybridized carbons (Fsp3) is 0.357. The number of rotatable bonds is 4. The standard InChI is InChI=1S/C14H16N2O3/c17-13(16-9-10-4-3-7-15-8-10)11-5-1-2-6-12(11)14(18)19/h1-4,7-8,11-12H,5-6,9H2,(H,16,17)(H,18,19)/t11-,12+/m0/s1. The number of hydrogen-bond donors (Lipinski definition) is 2. The molecule has 1 aromatic heterocycles. The predicted octanol–water partition coefficient (Wildman–Crippen LogP) is 1.36. The summed E-state index contributed by atoms with van der Waals surface area (Å²) in [6.07, 6.45) is 7.93. The Balaban J connectivity index is 1.95. The highest BCUT2D eigenvalue weighted by atomic mass is 16.4. The molecule has 0 aliphatic heterocycles. The van der Waals surface area contributed by atoms with E-state index < -0.39 is 17.8 Å². The topological polar surface area (TPSA) is 79.3 Å². The van der Waals surface area contributed by atoms with Crippen molar-refractivity contribution in [3.63, 3.8) is 0 Å². The predicted molar refractivity (Wildman–Crippen MR) is 69.1 cm³/mol. The Kier molecular flexibility index (Phi) is 4.28. The van der Waals surface area contributed by atoms with E-state index in [9.17, 15) is 9.59 Å². The van der Waals surface area contributed by atoms with E-state index in [0.29, 0.717) is 19.4 Å². The molecular formula is C14H16N2O3. The van der Waals surface area contributed by atoms with Gasteiger partial charge in [-0.15, -0.1) is 0 Å². The van der Waals surface area contributed by atoms with Crippen LogP contribution in [0.4, 0.5) is 0 Å². The number of nitrogens with zero attached hydrogens (tertiary/aromatic N) is 1. The van der Waals surface area contributed by atoms with Gasteiger partial charge in [-0.3, -0.25) is 14.6 Å². The van der Waals surface area contributed by atoms with Gasteiger partial charge in [0.15, 0.2) is 0 Å². The summed E-state index contributed by atoms with van der Waals surface area (Å²) in [6, 6.07) is 3.66. The zero-order chi connectivity index (χ0) is 13.7. The minimum absolute atomic E-state index is 0.208. The molecule has 2 atom stereocenters. The van der Waals surface area contributed by atoms with Gasteiger partial charge in [-0.05, 0) is 24.5 Å². The average molecular weight is 260 g/mol. The van der Waals surface area contributed by atoms with E-state index in [0.717, 1.165) is 5.56 Å². The number of carboxylic acid groups (broad SMARTS) is 1. The summed E-state index contributed by atoms with van der Waals surface area (Å²) in [4.78, 5) is 27.1. The van der Waals surface area contributed by atoms with Gasteiger partial charge in [-0.2, -0.15) is 0 Å². The van der Waals surface area contributed by atoms with Crippen LogP contribution in [0.5, 0.6) is 0 Å². The summed E-state index contributed by atoms with van der Waals surface area (Å²) < 4.78 is 0. The van der Waals surface area contributed by atoms with Crippen LogP contribution in [0.15, 0.2) is 36.7 Å². The maximum Gasteiger partial charge on any atom is 0.307 e. The summed E-state index contributed by atoms with van der Waals surface area (Å²) in [5, 5.41) is 11.9. The van der Waals surface area contributed by atoms with Crippen molar-refractivity contribution in [2.24, 2.45) is 11.8 Å². The molecule has 1 heterocycles. The van der Waals surface area contributed by atoms with Gasteiger partial charge in [0.1, 0.15) is 0 Å². The van der Waals surface area contributed by atoms with Gasteiger partial charge in [-0.25, -0.2) is 0 Å². The SMILES string of the molecule is O=C(NCc1cccnc1)[C@H]1CC=CC[C@H]1C(=O)O. The fourth-order valence-corrected chi connectivity index (χ4v) is 2.20. The molecule has 1 aliphatic rings. The van der Waals surface area contributed by atoms with E-state index in [4.69, 9.17) is 5.11 Å². The van der Waals surface area contributed by atoms with Crippen LogP contribution in [0.2, 0.25) is 0 Å². The largest absolute Gasteiger partial charge is 0.481 e. The quantitative estimate of drug-likeness (QED) is 0.801. The van der Waals surface area contributed by atoms with Crippen molar-refractivity contribution in [2.75, 3.05) is 0 Å². The van der Waals surface area contributed by atoms with Crippen LogP contribution in [0.1, 0.15) is 18.4 Å². The van der Waals surface area contributed by atoms with Crippen LogP contribution in [0.25, 0.3) is 0 Å². The molecule has 0 saturated carbocycles. The van der Waals surface area contributed by atoms with Crippen molar-refractivity contribution in [2.45, 2.75) is 19.4 Å². The normalized spacial score (nSPS) is 21.9. The first-order valence-electron chi connectivity index (χ1n) is 6.23. The molecule has 1 aromatic rings. The van der Waals surface area contributed by atoms with Gasteiger partial charge in [0.2, 0.25) is 5.91 Å². The number of carboxylic acids is 1. The first-order chi connectivity index (χ1) is 9.18. The third kappa shape index (κ3) is 3.40. The van der Waals surface area contributed by atoms with Gasteiger partial charge in [0.25, 0.3) is 0 Å². The van der Waals surface area contributed by atoms with Crippen LogP contribution < -0.4 is 5.32 Å². The lowest BCUT2D eigenvalue weighted by Gasteiger charge is -2.24. The maximum absolute atomic E-state index is 12.1. The molecule has 0 bridgehead atoms. The van der Waals surface area contributed by atoms with Gasteiger partial charge >= 0.3 is 5.97 Å². The summed E-state index contributed by atoms with van der Waals surface area (Å²) in [6.45, 7) is 0.374. The number of allylic oxidation sites excluding steroid dienone is 2. The van der Waals surface area contributed by atoms with Crippen LogP contribution in [-0.4, -0.2) is 22.0 Å². The number of carbonyl (C=O) groups is 2. The maximum atomic E-state index is 12.1. The molecule has 0 saturated heterocycles. The Morgan fingerprint density at radius 2 is 2.05 bits per heavy atom. The second-order valence-corrected chi connectivity index (χ2v) is 4.57. The first kappa shape index (κ1) is 13.3. The van der Waals surface area contributed by atoms with E-state index in [-0.39, 0.29) is 5.91 Å². The van der Waals surface area contributed by atoms with Crippen molar-refractivity contribution in [3.05, 3.63) is 42.2 Å². The zero-order valence-electron chi connectivity index (χ0n) is 10.5. The lowest BCUT2D eigenvalue weighted by Crippen LogP contribution is -2.38. The smallest absolute Gasteiger partial charge is 0.307 e. The molecule has 0 fully saturated rings. The van der Waals surface area contributed by atoms with Crippen molar-refractivity contribution in [1.82, 2.24) is 10.3 Å². The van der Waals surface area contributed by atoms with E-state index in [1.165, 1.54) is 0 Å². The number of amides is 1. The molecule has 2 rings (SSSR count). The fourth-order valence-electron chi connectivity index (χ4n) is 2.20. The Bertz CT molecular complexity index is 485. The van der Waals surface area contributed by atoms with Crippen LogP contribution in [0, 0.1) is 11.8 Å². The highest BCUT2D eigenvalue weighted by Gasteiger charge is 2.33. The molecular weight excluding hydrogens is 244 g/mol. The first-order valence-corrected chi connectivity index (χ1v) is 6.23. The second-order valence-electron chi connectivity index (χ2n) is 4.57. The monoisotopic (exact) mass is 260 g/mol. The molecule has 0 unspecified atom stereocenters. The van der Waals surface area contributed by atoms with E-state index in [2.05, 4.69) is 10.3 Å². The molecule has 100 valence electrons. The van der Waals surface area contributed by atoms with Crippen molar-refractivity contribution < 1.29 is 14.7 Å². The summed E-state index contributed by atoms with van der Waals surface area (Å²) in [7, 11) is 0. The highest BCUT2D eigenvalue weighted by Crippen LogP contribution is 2.26. The number of aliphatic carboxylic acids is 1. The van der Waals surface area contributed by atoms with Crippen LogP contribution in [-0.2, 0) is 16.1 Å². The lowest BCUT2D eigenvalue weighted by atomic mass is 9.82. The summed E-state index contributed by atoms with van der Waals surface area (Å²) >= 11 is 0. The molecule has 5 nitrogen and oxygen atoms in total. The van der Waals surface area contributed by atoms with Crippen molar-refractivity contribution in [3.8, 4) is 0 Å². The summed E-state index contributed by atoms with van der Waals surface area (Å²) in [5.41, 5.74) is 0.897. The van der Waals surface area contributed by atoms with Gasteiger partial charge in [-0.1, -0.05) is 18.2 Å². The molecule has 1 aliphatic carbocycles. The molecule has 5 heteroatoms. The Morgan fingerprint density at radius 1 is 1.32 bits per heavy atom. The molecule has 1 amide bonds.